The number of benzene rings is 1. The summed E-state index contributed by atoms with van der Waals surface area (Å²) in [5.74, 6) is -0.583. The van der Waals surface area contributed by atoms with Gasteiger partial charge in [-0.25, -0.2) is 0 Å². The first-order valence-corrected chi connectivity index (χ1v) is 5.61. The largest absolute Gasteiger partial charge is 0.331 e. The topological polar surface area (TPSA) is 37.4 Å². The van der Waals surface area contributed by atoms with Gasteiger partial charge in [-0.1, -0.05) is 31.2 Å². The Morgan fingerprint density at radius 3 is 2.44 bits per heavy atom. The highest BCUT2D eigenvalue weighted by atomic mass is 16.2. The van der Waals surface area contributed by atoms with Crippen LogP contribution in [0.5, 0.6) is 0 Å². The monoisotopic (exact) mass is 217 g/mol. The maximum absolute atomic E-state index is 11.5. The molecule has 1 aliphatic heterocycles. The van der Waals surface area contributed by atoms with Crippen molar-refractivity contribution in [3.8, 4) is 0 Å². The Balaban J connectivity index is 2.15. The summed E-state index contributed by atoms with van der Waals surface area (Å²) in [4.78, 5) is 24.3. The fourth-order valence-corrected chi connectivity index (χ4v) is 2.03. The van der Waals surface area contributed by atoms with Gasteiger partial charge in [-0.2, -0.15) is 0 Å². The second kappa shape index (κ2) is 4.47. The minimum absolute atomic E-state index is 0.256. The molecule has 0 aliphatic carbocycles. The highest BCUT2D eigenvalue weighted by Gasteiger charge is 2.29. The Morgan fingerprint density at radius 2 is 1.88 bits per heavy atom. The molecular formula is C13H15NO2. The number of carbonyl (C=O) groups excluding carboxylic acids is 2. The first kappa shape index (κ1) is 10.9. The number of carbonyl (C=O) groups is 2. The molecule has 2 rings (SSSR count). The second-order valence-corrected chi connectivity index (χ2v) is 4.02. The van der Waals surface area contributed by atoms with Gasteiger partial charge >= 0.3 is 0 Å². The predicted octanol–water partition coefficient (Wildman–Crippen LogP) is 1.55. The zero-order valence-electron chi connectivity index (χ0n) is 9.40. The summed E-state index contributed by atoms with van der Waals surface area (Å²) in [6, 6.07) is 8.06. The molecule has 0 unspecified atom stereocenters. The number of amides is 1. The van der Waals surface area contributed by atoms with Crippen molar-refractivity contribution >= 4 is 11.7 Å². The molecule has 1 aromatic rings. The van der Waals surface area contributed by atoms with E-state index in [1.807, 2.05) is 18.2 Å². The third-order valence-electron chi connectivity index (χ3n) is 3.00. The number of hydrogen-bond acceptors (Lipinski definition) is 2. The van der Waals surface area contributed by atoms with E-state index < -0.39 is 0 Å². The van der Waals surface area contributed by atoms with Crippen molar-refractivity contribution in [3.63, 3.8) is 0 Å². The van der Waals surface area contributed by atoms with E-state index in [0.29, 0.717) is 19.5 Å². The van der Waals surface area contributed by atoms with Gasteiger partial charge in [0, 0.05) is 19.5 Å². The van der Waals surface area contributed by atoms with Gasteiger partial charge in [0.1, 0.15) is 0 Å². The number of Topliss-reactive ketones (excluding diaryl/α,β-unsaturated/α-hetero) is 1. The van der Waals surface area contributed by atoms with Crippen LogP contribution >= 0.6 is 0 Å². The van der Waals surface area contributed by atoms with Crippen LogP contribution in [-0.4, -0.2) is 23.1 Å². The molecule has 84 valence electrons. The Morgan fingerprint density at radius 1 is 1.19 bits per heavy atom. The van der Waals surface area contributed by atoms with Crippen LogP contribution in [0.25, 0.3) is 0 Å². The van der Waals surface area contributed by atoms with Crippen molar-refractivity contribution in [1.82, 2.24) is 4.90 Å². The predicted molar refractivity (Wildman–Crippen MR) is 60.9 cm³/mol. The van der Waals surface area contributed by atoms with Crippen LogP contribution in [0.2, 0.25) is 0 Å². The highest BCUT2D eigenvalue weighted by Crippen LogP contribution is 2.15. The summed E-state index contributed by atoms with van der Waals surface area (Å²) in [5, 5.41) is 0. The fourth-order valence-electron chi connectivity index (χ4n) is 2.03. The normalized spacial score (nSPS) is 15.9. The minimum atomic E-state index is -0.328. The van der Waals surface area contributed by atoms with Gasteiger partial charge in [0.15, 0.2) is 0 Å². The van der Waals surface area contributed by atoms with Crippen molar-refractivity contribution in [1.29, 1.82) is 0 Å². The number of aryl methyl sites for hydroxylation is 1. The van der Waals surface area contributed by atoms with E-state index in [2.05, 4.69) is 13.0 Å². The number of likely N-dealkylation sites (tertiary alicyclic amines) is 1. The van der Waals surface area contributed by atoms with Crippen LogP contribution in [0.3, 0.4) is 0 Å². The molecule has 0 spiro atoms. The molecule has 1 heterocycles. The van der Waals surface area contributed by atoms with Crippen LogP contribution in [0.15, 0.2) is 24.3 Å². The molecule has 0 atom stereocenters. The van der Waals surface area contributed by atoms with E-state index in [-0.39, 0.29) is 11.7 Å². The lowest BCUT2D eigenvalue weighted by atomic mass is 10.1. The maximum atomic E-state index is 11.5. The maximum Gasteiger partial charge on any atom is 0.290 e. The SMILES string of the molecule is CCc1ccccc1CN1CCC(=O)C1=O. The third-order valence-corrected chi connectivity index (χ3v) is 3.00. The van der Waals surface area contributed by atoms with Crippen LogP contribution in [0.1, 0.15) is 24.5 Å². The molecule has 1 aromatic carbocycles. The minimum Gasteiger partial charge on any atom is -0.331 e. The lowest BCUT2D eigenvalue weighted by Crippen LogP contribution is -2.27. The summed E-state index contributed by atoms with van der Waals surface area (Å²) < 4.78 is 0. The second-order valence-electron chi connectivity index (χ2n) is 4.02. The molecule has 1 amide bonds. The van der Waals surface area contributed by atoms with Crippen molar-refractivity contribution in [3.05, 3.63) is 35.4 Å². The molecule has 0 radical (unpaired) electrons. The van der Waals surface area contributed by atoms with Crippen LogP contribution < -0.4 is 0 Å². The van der Waals surface area contributed by atoms with E-state index in [1.54, 1.807) is 4.90 Å². The molecule has 0 bridgehead atoms. The standard InChI is InChI=1S/C13H15NO2/c1-2-10-5-3-4-6-11(10)9-14-8-7-12(15)13(14)16/h3-6H,2,7-9H2,1H3. The van der Waals surface area contributed by atoms with E-state index in [4.69, 9.17) is 0 Å². The molecule has 16 heavy (non-hydrogen) atoms. The van der Waals surface area contributed by atoms with Crippen LogP contribution in [0.4, 0.5) is 0 Å². The first-order chi connectivity index (χ1) is 7.72. The molecule has 1 fully saturated rings. The lowest BCUT2D eigenvalue weighted by molar-refractivity contribution is -0.140. The number of ketones is 1. The van der Waals surface area contributed by atoms with Gasteiger partial charge in [-0.15, -0.1) is 0 Å². The smallest absolute Gasteiger partial charge is 0.290 e. The zero-order chi connectivity index (χ0) is 11.5. The van der Waals surface area contributed by atoms with E-state index in [9.17, 15) is 9.59 Å². The van der Waals surface area contributed by atoms with Gasteiger partial charge in [0.25, 0.3) is 5.91 Å². The number of hydrogen-bond donors (Lipinski definition) is 0. The van der Waals surface area contributed by atoms with E-state index in [0.717, 1.165) is 12.0 Å². The number of rotatable bonds is 3. The number of nitrogens with zero attached hydrogens (tertiary/aromatic N) is 1. The van der Waals surface area contributed by atoms with Crippen LogP contribution in [-0.2, 0) is 22.6 Å². The zero-order valence-corrected chi connectivity index (χ0v) is 9.40. The molecule has 1 aliphatic rings. The van der Waals surface area contributed by atoms with Crippen molar-refractivity contribution in [2.75, 3.05) is 6.54 Å². The third kappa shape index (κ3) is 1.98. The highest BCUT2D eigenvalue weighted by molar-refractivity contribution is 6.37. The summed E-state index contributed by atoms with van der Waals surface area (Å²) in [5.41, 5.74) is 2.39. The van der Waals surface area contributed by atoms with Gasteiger partial charge in [-0.05, 0) is 17.5 Å². The average Bonchev–Trinajstić information content (AvgIpc) is 2.62. The van der Waals surface area contributed by atoms with Crippen molar-refractivity contribution in [2.24, 2.45) is 0 Å². The van der Waals surface area contributed by atoms with Gasteiger partial charge < -0.3 is 4.90 Å². The molecule has 3 nitrogen and oxygen atoms in total. The van der Waals surface area contributed by atoms with Crippen molar-refractivity contribution in [2.45, 2.75) is 26.3 Å². The Bertz CT molecular complexity index is 426. The van der Waals surface area contributed by atoms with Gasteiger partial charge in [0.05, 0.1) is 0 Å². The Kier molecular flexibility index (Phi) is 3.04. The summed E-state index contributed by atoms with van der Waals surface area (Å²) in [6.07, 6.45) is 1.32. The van der Waals surface area contributed by atoms with E-state index in [1.165, 1.54) is 5.56 Å². The summed E-state index contributed by atoms with van der Waals surface area (Å²) in [7, 11) is 0. The first-order valence-electron chi connectivity index (χ1n) is 5.61. The van der Waals surface area contributed by atoms with Crippen LogP contribution in [0, 0.1) is 0 Å². The Hall–Kier alpha value is -1.64. The average molecular weight is 217 g/mol. The molecule has 0 N–H and O–H groups in total. The lowest BCUT2D eigenvalue weighted by Gasteiger charge is -2.16. The summed E-state index contributed by atoms with van der Waals surface area (Å²) >= 11 is 0. The Labute approximate surface area is 95.1 Å². The summed E-state index contributed by atoms with van der Waals surface area (Å²) in [6.45, 7) is 3.22. The van der Waals surface area contributed by atoms with Crippen molar-refractivity contribution < 1.29 is 9.59 Å². The van der Waals surface area contributed by atoms with Gasteiger partial charge in [-0.3, -0.25) is 9.59 Å². The molecule has 1 saturated heterocycles. The molecule has 0 saturated carbocycles. The molecule has 3 heteroatoms. The molecule has 0 aromatic heterocycles. The molecular weight excluding hydrogens is 202 g/mol. The van der Waals surface area contributed by atoms with Gasteiger partial charge in [0.2, 0.25) is 5.78 Å². The fraction of sp³-hybridized carbons (Fsp3) is 0.385. The van der Waals surface area contributed by atoms with E-state index >= 15 is 0 Å². The quantitative estimate of drug-likeness (QED) is 0.720.